The van der Waals surface area contributed by atoms with Gasteiger partial charge >= 0.3 is 6.18 Å². The van der Waals surface area contributed by atoms with Crippen molar-refractivity contribution >= 4 is 39.1 Å². The molecule has 0 saturated heterocycles. The van der Waals surface area contributed by atoms with Gasteiger partial charge < -0.3 is 10.2 Å². The molecule has 0 heterocycles. The van der Waals surface area contributed by atoms with Crippen molar-refractivity contribution in [3.05, 3.63) is 64.7 Å². The van der Waals surface area contributed by atoms with Crippen LogP contribution in [0.15, 0.2) is 48.5 Å². The molecule has 0 fully saturated rings. The highest BCUT2D eigenvalue weighted by Gasteiger charge is 2.34. The Balaban J connectivity index is 2.48. The van der Waals surface area contributed by atoms with Crippen LogP contribution in [0, 0.1) is 0 Å². The molecule has 0 aliphatic heterocycles. The zero-order valence-corrected chi connectivity index (χ0v) is 21.2. The minimum atomic E-state index is -4.75. The molecule has 2 aromatic rings. The van der Waals surface area contributed by atoms with Crippen molar-refractivity contribution in [1.29, 1.82) is 0 Å². The Morgan fingerprint density at radius 2 is 1.66 bits per heavy atom. The summed E-state index contributed by atoms with van der Waals surface area (Å²) in [4.78, 5) is 27.2. The molecule has 2 aromatic carbocycles. The van der Waals surface area contributed by atoms with Gasteiger partial charge in [0.2, 0.25) is 21.8 Å². The van der Waals surface area contributed by atoms with Crippen LogP contribution in [0.1, 0.15) is 31.9 Å². The summed E-state index contributed by atoms with van der Waals surface area (Å²) in [5.74, 6) is -1.26. The Morgan fingerprint density at radius 1 is 1.06 bits per heavy atom. The number of alkyl halides is 3. The SMILES string of the molecule is CC(C)NC(=O)[C@H](C)N(Cc1ccccc1)C(=O)CN(c1cc(C(F)(F)F)ccc1Cl)S(C)(=O)=O. The first-order chi connectivity index (χ1) is 16.1. The van der Waals surface area contributed by atoms with Crippen LogP contribution in [0.2, 0.25) is 5.02 Å². The van der Waals surface area contributed by atoms with Gasteiger partial charge in [0, 0.05) is 12.6 Å². The molecule has 2 amide bonds. The lowest BCUT2D eigenvalue weighted by atomic mass is 10.1. The lowest BCUT2D eigenvalue weighted by Crippen LogP contribution is -2.52. The van der Waals surface area contributed by atoms with Crippen molar-refractivity contribution in [3.8, 4) is 0 Å². The summed E-state index contributed by atoms with van der Waals surface area (Å²) in [6.45, 7) is 4.09. The summed E-state index contributed by atoms with van der Waals surface area (Å²) in [5.41, 5.74) is -0.937. The second kappa shape index (κ2) is 11.3. The minimum absolute atomic E-state index is 0.0275. The molecule has 0 aliphatic carbocycles. The maximum absolute atomic E-state index is 13.4. The highest BCUT2D eigenvalue weighted by molar-refractivity contribution is 7.92. The summed E-state index contributed by atoms with van der Waals surface area (Å²) < 4.78 is 65.4. The number of nitrogens with zero attached hydrogens (tertiary/aromatic N) is 2. The van der Waals surface area contributed by atoms with E-state index >= 15 is 0 Å². The third-order valence-electron chi connectivity index (χ3n) is 5.02. The molecule has 0 unspecified atom stereocenters. The third kappa shape index (κ3) is 7.86. The van der Waals surface area contributed by atoms with E-state index in [1.165, 1.54) is 11.8 Å². The molecule has 0 aliphatic rings. The van der Waals surface area contributed by atoms with Crippen LogP contribution in [0.4, 0.5) is 18.9 Å². The Kier molecular flexibility index (Phi) is 9.18. The Bertz CT molecular complexity index is 1160. The van der Waals surface area contributed by atoms with Crippen molar-refractivity contribution in [3.63, 3.8) is 0 Å². The molecule has 35 heavy (non-hydrogen) atoms. The Labute approximate surface area is 207 Å². The predicted molar refractivity (Wildman–Crippen MR) is 128 cm³/mol. The van der Waals surface area contributed by atoms with E-state index in [0.717, 1.165) is 12.3 Å². The fraction of sp³-hybridized carbons (Fsp3) is 0.391. The fourth-order valence-corrected chi connectivity index (χ4v) is 4.37. The van der Waals surface area contributed by atoms with Gasteiger partial charge in [-0.25, -0.2) is 8.42 Å². The number of rotatable bonds is 9. The Hall–Kier alpha value is -2.79. The first kappa shape index (κ1) is 28.4. The fourth-order valence-electron chi connectivity index (χ4n) is 3.24. The van der Waals surface area contributed by atoms with E-state index in [9.17, 15) is 31.2 Å². The van der Waals surface area contributed by atoms with Crippen molar-refractivity contribution < 1.29 is 31.2 Å². The molecule has 1 N–H and O–H groups in total. The number of hydrogen-bond donors (Lipinski definition) is 1. The number of anilines is 1. The van der Waals surface area contributed by atoms with Crippen LogP contribution in [-0.2, 0) is 32.3 Å². The van der Waals surface area contributed by atoms with Crippen LogP contribution >= 0.6 is 11.6 Å². The first-order valence-electron chi connectivity index (χ1n) is 10.6. The number of hydrogen-bond acceptors (Lipinski definition) is 4. The molecule has 0 bridgehead atoms. The van der Waals surface area contributed by atoms with Gasteiger partial charge in [-0.15, -0.1) is 0 Å². The van der Waals surface area contributed by atoms with Gasteiger partial charge in [0.05, 0.1) is 22.5 Å². The predicted octanol–water partition coefficient (Wildman–Crippen LogP) is 4.07. The lowest BCUT2D eigenvalue weighted by molar-refractivity contribution is -0.139. The molecule has 1 atom stereocenters. The highest BCUT2D eigenvalue weighted by Crippen LogP contribution is 2.36. The molecule has 192 valence electrons. The maximum Gasteiger partial charge on any atom is 0.416 e. The van der Waals surface area contributed by atoms with Gasteiger partial charge in [-0.3, -0.25) is 13.9 Å². The second-order valence-electron chi connectivity index (χ2n) is 8.28. The molecule has 0 spiro atoms. The number of sulfonamides is 1. The highest BCUT2D eigenvalue weighted by atomic mass is 35.5. The quantitative estimate of drug-likeness (QED) is 0.526. The molecular formula is C23H27ClF3N3O4S. The Morgan fingerprint density at radius 3 is 2.17 bits per heavy atom. The van der Waals surface area contributed by atoms with E-state index in [2.05, 4.69) is 5.32 Å². The summed E-state index contributed by atoms with van der Waals surface area (Å²) in [5, 5.41) is 2.42. The summed E-state index contributed by atoms with van der Waals surface area (Å²) in [6.07, 6.45) is -4.00. The lowest BCUT2D eigenvalue weighted by Gasteiger charge is -2.32. The van der Waals surface area contributed by atoms with Crippen molar-refractivity contribution in [1.82, 2.24) is 10.2 Å². The third-order valence-corrected chi connectivity index (χ3v) is 6.46. The molecular weight excluding hydrogens is 507 g/mol. The van der Waals surface area contributed by atoms with Gasteiger partial charge in [0.15, 0.2) is 0 Å². The average Bonchev–Trinajstić information content (AvgIpc) is 2.74. The number of carbonyl (C=O) groups excluding carboxylic acids is 2. The van der Waals surface area contributed by atoms with Crippen LogP contribution < -0.4 is 9.62 Å². The molecule has 7 nitrogen and oxygen atoms in total. The van der Waals surface area contributed by atoms with Crippen LogP contribution in [-0.4, -0.2) is 50.0 Å². The zero-order chi connectivity index (χ0) is 26.6. The normalized spacial score (nSPS) is 12.8. The molecule has 0 saturated carbocycles. The van der Waals surface area contributed by atoms with E-state index in [1.807, 2.05) is 0 Å². The van der Waals surface area contributed by atoms with Gasteiger partial charge in [-0.05, 0) is 44.5 Å². The zero-order valence-electron chi connectivity index (χ0n) is 19.6. The number of carbonyl (C=O) groups is 2. The number of amides is 2. The molecule has 0 aromatic heterocycles. The average molecular weight is 534 g/mol. The standard InChI is InChI=1S/C23H27ClF3N3O4S/c1-15(2)28-22(32)16(3)29(13-17-8-6-5-7-9-17)21(31)14-30(35(4,33)34)20-12-18(23(25,26)27)10-11-19(20)24/h5-12,15-16H,13-14H2,1-4H3,(H,28,32)/t16-/m0/s1. The van der Waals surface area contributed by atoms with Gasteiger partial charge in [-0.1, -0.05) is 41.9 Å². The van der Waals surface area contributed by atoms with E-state index in [-0.39, 0.29) is 17.6 Å². The minimum Gasteiger partial charge on any atom is -0.352 e. The van der Waals surface area contributed by atoms with E-state index in [4.69, 9.17) is 11.6 Å². The largest absolute Gasteiger partial charge is 0.416 e. The molecule has 12 heteroatoms. The van der Waals surface area contributed by atoms with Crippen LogP contribution in [0.3, 0.4) is 0 Å². The molecule has 0 radical (unpaired) electrons. The van der Waals surface area contributed by atoms with Crippen LogP contribution in [0.5, 0.6) is 0 Å². The first-order valence-corrected chi connectivity index (χ1v) is 12.8. The topological polar surface area (TPSA) is 86.8 Å². The number of nitrogens with one attached hydrogen (secondary N) is 1. The van der Waals surface area contributed by atoms with Crippen molar-refractivity contribution in [2.75, 3.05) is 17.1 Å². The summed E-state index contributed by atoms with van der Waals surface area (Å²) >= 11 is 6.05. The van der Waals surface area contributed by atoms with Crippen LogP contribution in [0.25, 0.3) is 0 Å². The van der Waals surface area contributed by atoms with Gasteiger partial charge in [0.1, 0.15) is 12.6 Å². The number of halogens is 4. The molecule has 2 rings (SSSR count). The van der Waals surface area contributed by atoms with E-state index < -0.39 is 51.9 Å². The number of benzene rings is 2. The summed E-state index contributed by atoms with van der Waals surface area (Å²) in [7, 11) is -4.24. The smallest absolute Gasteiger partial charge is 0.352 e. The van der Waals surface area contributed by atoms with Crippen molar-refractivity contribution in [2.45, 2.75) is 45.6 Å². The van der Waals surface area contributed by atoms with Gasteiger partial charge in [0.25, 0.3) is 0 Å². The van der Waals surface area contributed by atoms with Gasteiger partial charge in [-0.2, -0.15) is 13.2 Å². The monoisotopic (exact) mass is 533 g/mol. The van der Waals surface area contributed by atoms with E-state index in [0.29, 0.717) is 22.0 Å². The summed E-state index contributed by atoms with van der Waals surface area (Å²) in [6, 6.07) is 9.70. The van der Waals surface area contributed by atoms with Crippen molar-refractivity contribution in [2.24, 2.45) is 0 Å². The second-order valence-corrected chi connectivity index (χ2v) is 10.6. The maximum atomic E-state index is 13.4. The van der Waals surface area contributed by atoms with E-state index in [1.54, 1.807) is 44.2 Å².